The highest BCUT2D eigenvalue weighted by atomic mass is 16.5. The topological polar surface area (TPSA) is 78.9 Å². The van der Waals surface area contributed by atoms with E-state index in [1.54, 1.807) is 17.0 Å². The third-order valence-electron chi connectivity index (χ3n) is 6.66. The Kier molecular flexibility index (Phi) is 6.70. The number of phenols is 1. The largest absolute Gasteiger partial charge is 0.508 e. The second kappa shape index (κ2) is 10.2. The molecule has 180 valence electrons. The van der Waals surface area contributed by atoms with Crippen LogP contribution >= 0.6 is 0 Å². The van der Waals surface area contributed by atoms with Crippen molar-refractivity contribution in [3.63, 3.8) is 0 Å². The smallest absolute Gasteiger partial charge is 0.247 e. The number of rotatable bonds is 9. The number of carbonyl (C=O) groups excluding carboxylic acids is 2. The third kappa shape index (κ3) is 5.48. The Hall–Kier alpha value is -3.80. The summed E-state index contributed by atoms with van der Waals surface area (Å²) in [6.45, 7) is 1.04. The van der Waals surface area contributed by atoms with E-state index in [1.165, 1.54) is 0 Å². The number of aromatic hydroxyl groups is 1. The molecule has 1 aliphatic carbocycles. The molecule has 35 heavy (non-hydrogen) atoms. The number of nitrogens with one attached hydrogen (secondary N) is 1. The molecule has 3 aromatic carbocycles. The molecule has 0 aromatic heterocycles. The average molecular weight is 471 g/mol. The van der Waals surface area contributed by atoms with E-state index in [-0.39, 0.29) is 23.6 Å². The molecule has 1 aliphatic heterocycles. The molecule has 0 bridgehead atoms. The number of hydrogen-bond donors (Lipinski definition) is 2. The molecule has 0 saturated heterocycles. The zero-order valence-electron chi connectivity index (χ0n) is 19.7. The van der Waals surface area contributed by atoms with Crippen molar-refractivity contribution in [1.82, 2.24) is 10.2 Å². The van der Waals surface area contributed by atoms with Gasteiger partial charge in [0.1, 0.15) is 17.5 Å². The molecule has 1 unspecified atom stereocenters. The molecular formula is C29H30N2O4. The van der Waals surface area contributed by atoms with Gasteiger partial charge in [-0.25, -0.2) is 0 Å². The maximum atomic E-state index is 13.6. The molecule has 6 nitrogen and oxygen atoms in total. The molecule has 2 aliphatic rings. The van der Waals surface area contributed by atoms with Crippen LogP contribution in [0.25, 0.3) is 0 Å². The first-order valence-electron chi connectivity index (χ1n) is 12.2. The number of ether oxygens (including phenoxy) is 1. The molecule has 2 N–H and O–H groups in total. The third-order valence-corrected chi connectivity index (χ3v) is 6.66. The van der Waals surface area contributed by atoms with Crippen LogP contribution in [0.3, 0.4) is 0 Å². The summed E-state index contributed by atoms with van der Waals surface area (Å²) in [5, 5.41) is 12.6. The van der Waals surface area contributed by atoms with Crippen molar-refractivity contribution >= 4 is 11.8 Å². The lowest BCUT2D eigenvalue weighted by Crippen LogP contribution is -2.45. The lowest BCUT2D eigenvalue weighted by Gasteiger charge is -2.32. The molecule has 6 heteroatoms. The van der Waals surface area contributed by atoms with Crippen LogP contribution in [0.5, 0.6) is 11.5 Å². The summed E-state index contributed by atoms with van der Waals surface area (Å²) in [7, 11) is 0. The van der Waals surface area contributed by atoms with E-state index in [0.717, 1.165) is 47.3 Å². The van der Waals surface area contributed by atoms with Gasteiger partial charge >= 0.3 is 0 Å². The predicted octanol–water partition coefficient (Wildman–Crippen LogP) is 4.31. The maximum absolute atomic E-state index is 13.6. The van der Waals surface area contributed by atoms with E-state index in [1.807, 2.05) is 60.7 Å². The van der Waals surface area contributed by atoms with E-state index in [9.17, 15) is 14.7 Å². The second-order valence-corrected chi connectivity index (χ2v) is 9.27. The summed E-state index contributed by atoms with van der Waals surface area (Å²) in [6.07, 6.45) is 3.50. The van der Waals surface area contributed by atoms with Gasteiger partial charge in [-0.15, -0.1) is 0 Å². The highest BCUT2D eigenvalue weighted by Gasteiger charge is 2.41. The van der Waals surface area contributed by atoms with Crippen LogP contribution in [0.15, 0.2) is 72.8 Å². The minimum Gasteiger partial charge on any atom is -0.508 e. The number of amides is 2. The summed E-state index contributed by atoms with van der Waals surface area (Å²) in [4.78, 5) is 29.0. The van der Waals surface area contributed by atoms with Crippen LogP contribution in [0.1, 0.15) is 47.6 Å². The van der Waals surface area contributed by atoms with Crippen molar-refractivity contribution in [2.24, 2.45) is 0 Å². The monoisotopic (exact) mass is 470 g/mol. The average Bonchev–Trinajstić information content (AvgIpc) is 3.61. The van der Waals surface area contributed by atoms with E-state index in [0.29, 0.717) is 26.0 Å². The van der Waals surface area contributed by atoms with Crippen LogP contribution < -0.4 is 10.1 Å². The lowest BCUT2D eigenvalue weighted by molar-refractivity contribution is -0.141. The SMILES string of the molecule is O=C(NCc1ccccc1)C(c1ccc2c(c1)OCC2)N(C(=O)CCc1ccc(O)cc1)C1CC1. The fourth-order valence-electron chi connectivity index (χ4n) is 4.63. The standard InChI is InChI=1S/C29H30N2O4/c32-25-13-6-20(7-14-25)8-15-27(33)31(24-11-12-24)28(23-10-9-22-16-17-35-26(22)18-23)29(34)30-19-21-4-2-1-3-5-21/h1-7,9-10,13-14,18,24,28,32H,8,11-12,15-17,19H2,(H,30,34). The number of aryl methyl sites for hydroxylation is 1. The van der Waals surface area contributed by atoms with Crippen LogP contribution in [0.2, 0.25) is 0 Å². The minimum absolute atomic E-state index is 0.0400. The number of benzene rings is 3. The van der Waals surface area contributed by atoms with Crippen LogP contribution in [-0.4, -0.2) is 34.5 Å². The van der Waals surface area contributed by atoms with Gasteiger partial charge in [0.15, 0.2) is 0 Å². The Morgan fingerprint density at radius 2 is 1.77 bits per heavy atom. The molecule has 1 atom stereocenters. The first-order valence-corrected chi connectivity index (χ1v) is 12.2. The van der Waals surface area contributed by atoms with E-state index in [4.69, 9.17) is 4.74 Å². The molecule has 1 saturated carbocycles. The highest BCUT2D eigenvalue weighted by molar-refractivity contribution is 5.89. The first-order chi connectivity index (χ1) is 17.1. The fourth-order valence-corrected chi connectivity index (χ4v) is 4.63. The van der Waals surface area contributed by atoms with Gasteiger partial charge in [-0.05, 0) is 59.7 Å². The first kappa shape index (κ1) is 23.0. The molecular weight excluding hydrogens is 440 g/mol. The summed E-state index contributed by atoms with van der Waals surface area (Å²) >= 11 is 0. The van der Waals surface area contributed by atoms with Gasteiger partial charge < -0.3 is 20.1 Å². The van der Waals surface area contributed by atoms with Gasteiger partial charge in [-0.2, -0.15) is 0 Å². The van der Waals surface area contributed by atoms with Gasteiger partial charge in [-0.1, -0.05) is 54.6 Å². The Labute approximate surface area is 205 Å². The summed E-state index contributed by atoms with van der Waals surface area (Å²) in [6, 6.07) is 21.9. The van der Waals surface area contributed by atoms with Crippen molar-refractivity contribution < 1.29 is 19.4 Å². The number of carbonyl (C=O) groups is 2. The van der Waals surface area contributed by atoms with Gasteiger partial charge in [0.05, 0.1) is 6.61 Å². The second-order valence-electron chi connectivity index (χ2n) is 9.27. The Balaban J connectivity index is 1.39. The van der Waals surface area contributed by atoms with Gasteiger partial charge in [0.25, 0.3) is 0 Å². The van der Waals surface area contributed by atoms with Crippen LogP contribution in [0.4, 0.5) is 0 Å². The number of phenolic OH excluding ortho intramolecular Hbond substituents is 1. The van der Waals surface area contributed by atoms with E-state index in [2.05, 4.69) is 5.32 Å². The van der Waals surface area contributed by atoms with Gasteiger partial charge in [0, 0.05) is 25.4 Å². The maximum Gasteiger partial charge on any atom is 0.247 e. The molecule has 0 spiro atoms. The van der Waals surface area contributed by atoms with E-state index >= 15 is 0 Å². The molecule has 3 aromatic rings. The summed E-state index contributed by atoms with van der Waals surface area (Å²) in [5.41, 5.74) is 3.89. The summed E-state index contributed by atoms with van der Waals surface area (Å²) < 4.78 is 5.77. The van der Waals surface area contributed by atoms with E-state index < -0.39 is 6.04 Å². The highest BCUT2D eigenvalue weighted by Crippen LogP contribution is 2.38. The van der Waals surface area contributed by atoms with Crippen molar-refractivity contribution in [3.8, 4) is 11.5 Å². The van der Waals surface area contributed by atoms with Gasteiger partial charge in [0.2, 0.25) is 11.8 Å². The van der Waals surface area contributed by atoms with Crippen molar-refractivity contribution in [2.75, 3.05) is 6.61 Å². The molecule has 1 heterocycles. The normalized spacial score (nSPS) is 15.1. The van der Waals surface area contributed by atoms with Crippen LogP contribution in [0, 0.1) is 0 Å². The Bertz CT molecular complexity index is 1190. The fraction of sp³-hybridized carbons (Fsp3) is 0.310. The Morgan fingerprint density at radius 1 is 1.00 bits per heavy atom. The lowest BCUT2D eigenvalue weighted by atomic mass is 9.99. The van der Waals surface area contributed by atoms with Crippen molar-refractivity contribution in [2.45, 2.75) is 50.7 Å². The quantitative estimate of drug-likeness (QED) is 0.489. The number of fused-ring (bicyclic) bond motifs is 1. The van der Waals surface area contributed by atoms with Gasteiger partial charge in [-0.3, -0.25) is 9.59 Å². The minimum atomic E-state index is -0.715. The molecule has 5 rings (SSSR count). The van der Waals surface area contributed by atoms with Crippen molar-refractivity contribution in [1.29, 1.82) is 0 Å². The number of hydrogen-bond acceptors (Lipinski definition) is 4. The van der Waals surface area contributed by atoms with Crippen LogP contribution in [-0.2, 0) is 29.0 Å². The molecule has 1 fully saturated rings. The molecule has 0 radical (unpaired) electrons. The Morgan fingerprint density at radius 3 is 2.51 bits per heavy atom. The van der Waals surface area contributed by atoms with Crippen molar-refractivity contribution in [3.05, 3.63) is 95.1 Å². The zero-order chi connectivity index (χ0) is 24.2. The molecule has 2 amide bonds. The summed E-state index contributed by atoms with van der Waals surface area (Å²) in [5.74, 6) is 0.780. The number of nitrogens with zero attached hydrogens (tertiary/aromatic N) is 1. The zero-order valence-corrected chi connectivity index (χ0v) is 19.7. The predicted molar refractivity (Wildman–Crippen MR) is 133 cm³/mol.